The molecule has 0 unspecified atom stereocenters. The van der Waals surface area contributed by atoms with Gasteiger partial charge >= 0.3 is 0 Å². The number of nitrogens with zero attached hydrogens (tertiary/aromatic N) is 1. The van der Waals surface area contributed by atoms with Crippen molar-refractivity contribution < 1.29 is 9.15 Å². The number of ether oxygens (including phenoxy) is 1. The maximum absolute atomic E-state index is 6.10. The predicted molar refractivity (Wildman–Crippen MR) is 82.2 cm³/mol. The van der Waals surface area contributed by atoms with Crippen LogP contribution >= 0.6 is 0 Å². The van der Waals surface area contributed by atoms with Crippen LogP contribution in [0.1, 0.15) is 24.2 Å². The maximum atomic E-state index is 6.10. The summed E-state index contributed by atoms with van der Waals surface area (Å²) in [6.07, 6.45) is 2.61. The molecule has 1 aromatic carbocycles. The van der Waals surface area contributed by atoms with E-state index in [9.17, 15) is 0 Å². The highest BCUT2D eigenvalue weighted by atomic mass is 16.5. The van der Waals surface area contributed by atoms with Crippen LogP contribution in [0.25, 0.3) is 11.0 Å². The summed E-state index contributed by atoms with van der Waals surface area (Å²) in [5.41, 5.74) is 2.36. The zero-order valence-corrected chi connectivity index (χ0v) is 12.3. The molecule has 0 bridgehead atoms. The molecule has 0 radical (unpaired) electrons. The number of hydrogen-bond donors (Lipinski definition) is 1. The highest BCUT2D eigenvalue weighted by molar-refractivity contribution is 5.82. The summed E-state index contributed by atoms with van der Waals surface area (Å²) >= 11 is 0. The highest BCUT2D eigenvalue weighted by Crippen LogP contribution is 2.28. The molecule has 1 aromatic heterocycles. The van der Waals surface area contributed by atoms with Gasteiger partial charge in [0.15, 0.2) is 0 Å². The van der Waals surface area contributed by atoms with E-state index in [4.69, 9.17) is 9.15 Å². The Labute approximate surface area is 125 Å². The quantitative estimate of drug-likeness (QED) is 0.916. The van der Waals surface area contributed by atoms with Crippen molar-refractivity contribution >= 4 is 11.0 Å². The summed E-state index contributed by atoms with van der Waals surface area (Å²) in [6, 6.07) is 9.09. The maximum Gasteiger partial charge on any atom is 0.134 e. The molecule has 112 valence electrons. The summed E-state index contributed by atoms with van der Waals surface area (Å²) in [5, 5.41) is 4.84. The molecule has 1 aliphatic carbocycles. The van der Waals surface area contributed by atoms with Crippen LogP contribution in [0, 0.1) is 0 Å². The summed E-state index contributed by atoms with van der Waals surface area (Å²) in [4.78, 5) is 2.46. The van der Waals surface area contributed by atoms with Crippen LogP contribution in [0.4, 0.5) is 0 Å². The second-order valence-electron chi connectivity index (χ2n) is 6.04. The molecule has 2 heterocycles. The van der Waals surface area contributed by atoms with Crippen molar-refractivity contribution in [3.8, 4) is 0 Å². The molecule has 4 rings (SSSR count). The van der Waals surface area contributed by atoms with Gasteiger partial charge in [-0.25, -0.2) is 0 Å². The summed E-state index contributed by atoms with van der Waals surface area (Å²) < 4.78 is 11.5. The van der Waals surface area contributed by atoms with Crippen LogP contribution in [-0.2, 0) is 17.8 Å². The minimum Gasteiger partial charge on any atom is -0.459 e. The van der Waals surface area contributed by atoms with E-state index in [1.54, 1.807) is 0 Å². The van der Waals surface area contributed by atoms with E-state index in [0.717, 1.165) is 50.7 Å². The Kier molecular flexibility index (Phi) is 3.67. The minimum atomic E-state index is 0.703. The van der Waals surface area contributed by atoms with Gasteiger partial charge in [-0.1, -0.05) is 18.2 Å². The van der Waals surface area contributed by atoms with E-state index in [1.165, 1.54) is 23.8 Å². The SMILES string of the molecule is c1ccc2c(CN3CCOCC3)c(CNC3CC3)oc2c1. The molecule has 2 aromatic rings. The molecule has 21 heavy (non-hydrogen) atoms. The van der Waals surface area contributed by atoms with Gasteiger partial charge in [0.1, 0.15) is 11.3 Å². The van der Waals surface area contributed by atoms with Gasteiger partial charge in [-0.3, -0.25) is 4.90 Å². The van der Waals surface area contributed by atoms with Crippen LogP contribution in [0.3, 0.4) is 0 Å². The Hall–Kier alpha value is -1.36. The Morgan fingerprint density at radius 3 is 2.76 bits per heavy atom. The van der Waals surface area contributed by atoms with Crippen molar-refractivity contribution in [2.75, 3.05) is 26.3 Å². The number of hydrogen-bond acceptors (Lipinski definition) is 4. The lowest BCUT2D eigenvalue weighted by Crippen LogP contribution is -2.35. The average molecular weight is 286 g/mol. The number of benzene rings is 1. The minimum absolute atomic E-state index is 0.703. The smallest absolute Gasteiger partial charge is 0.134 e. The van der Waals surface area contributed by atoms with Crippen molar-refractivity contribution in [1.82, 2.24) is 10.2 Å². The zero-order chi connectivity index (χ0) is 14.1. The summed E-state index contributed by atoms with van der Waals surface area (Å²) in [7, 11) is 0. The molecule has 1 saturated heterocycles. The molecule has 0 atom stereocenters. The second kappa shape index (κ2) is 5.79. The van der Waals surface area contributed by atoms with E-state index < -0.39 is 0 Å². The van der Waals surface area contributed by atoms with Gasteiger partial charge in [0.2, 0.25) is 0 Å². The topological polar surface area (TPSA) is 37.6 Å². The largest absolute Gasteiger partial charge is 0.459 e. The molecule has 0 amide bonds. The molecule has 0 spiro atoms. The summed E-state index contributed by atoms with van der Waals surface area (Å²) in [5.74, 6) is 1.11. The lowest BCUT2D eigenvalue weighted by Gasteiger charge is -2.26. The van der Waals surface area contributed by atoms with Gasteiger partial charge in [0, 0.05) is 36.6 Å². The van der Waals surface area contributed by atoms with Crippen molar-refractivity contribution in [3.63, 3.8) is 0 Å². The normalized spacial score (nSPS) is 20.2. The molecular formula is C17H22N2O2. The van der Waals surface area contributed by atoms with E-state index in [2.05, 4.69) is 28.4 Å². The number of fused-ring (bicyclic) bond motifs is 1. The van der Waals surface area contributed by atoms with Gasteiger partial charge in [0.05, 0.1) is 19.8 Å². The first-order chi connectivity index (χ1) is 10.4. The monoisotopic (exact) mass is 286 g/mol. The molecule has 2 aliphatic rings. The van der Waals surface area contributed by atoms with Crippen LogP contribution < -0.4 is 5.32 Å². The lowest BCUT2D eigenvalue weighted by atomic mass is 10.1. The number of morpholine rings is 1. The fraction of sp³-hybridized carbons (Fsp3) is 0.529. The first-order valence-corrected chi connectivity index (χ1v) is 7.93. The zero-order valence-electron chi connectivity index (χ0n) is 12.3. The summed E-state index contributed by atoms with van der Waals surface area (Å²) in [6.45, 7) is 5.50. The first-order valence-electron chi connectivity index (χ1n) is 7.93. The van der Waals surface area contributed by atoms with Crippen molar-refractivity contribution in [3.05, 3.63) is 35.6 Å². The molecule has 2 fully saturated rings. The van der Waals surface area contributed by atoms with E-state index in [-0.39, 0.29) is 0 Å². The predicted octanol–water partition coefficient (Wildman–Crippen LogP) is 2.52. The van der Waals surface area contributed by atoms with Crippen molar-refractivity contribution in [2.45, 2.75) is 32.0 Å². The fourth-order valence-corrected chi connectivity index (χ4v) is 2.97. The fourth-order valence-electron chi connectivity index (χ4n) is 2.97. The average Bonchev–Trinajstić information content (AvgIpc) is 3.30. The van der Waals surface area contributed by atoms with E-state index in [1.807, 2.05) is 6.07 Å². The van der Waals surface area contributed by atoms with Crippen molar-refractivity contribution in [1.29, 1.82) is 0 Å². The Morgan fingerprint density at radius 1 is 1.14 bits per heavy atom. The third-order valence-corrected chi connectivity index (χ3v) is 4.40. The molecule has 1 aliphatic heterocycles. The van der Waals surface area contributed by atoms with E-state index in [0.29, 0.717) is 6.04 Å². The molecule has 4 heteroatoms. The first kappa shape index (κ1) is 13.3. The Bertz CT molecular complexity index is 612. The molecule has 4 nitrogen and oxygen atoms in total. The third-order valence-electron chi connectivity index (χ3n) is 4.40. The van der Waals surface area contributed by atoms with Gasteiger partial charge in [-0.05, 0) is 18.9 Å². The molecular weight excluding hydrogens is 264 g/mol. The van der Waals surface area contributed by atoms with Gasteiger partial charge in [-0.15, -0.1) is 0 Å². The number of para-hydroxylation sites is 1. The molecule has 1 saturated carbocycles. The van der Waals surface area contributed by atoms with Gasteiger partial charge in [0.25, 0.3) is 0 Å². The highest BCUT2D eigenvalue weighted by Gasteiger charge is 2.23. The number of nitrogens with one attached hydrogen (secondary N) is 1. The van der Waals surface area contributed by atoms with Gasteiger partial charge < -0.3 is 14.5 Å². The van der Waals surface area contributed by atoms with Crippen LogP contribution in [0.5, 0.6) is 0 Å². The molecule has 1 N–H and O–H groups in total. The second-order valence-corrected chi connectivity index (χ2v) is 6.04. The van der Waals surface area contributed by atoms with Crippen LogP contribution in [-0.4, -0.2) is 37.2 Å². The lowest BCUT2D eigenvalue weighted by molar-refractivity contribution is 0.0341. The Balaban J connectivity index is 1.60. The van der Waals surface area contributed by atoms with Crippen LogP contribution in [0.15, 0.2) is 28.7 Å². The Morgan fingerprint density at radius 2 is 1.95 bits per heavy atom. The number of furan rings is 1. The third kappa shape index (κ3) is 2.98. The van der Waals surface area contributed by atoms with Gasteiger partial charge in [-0.2, -0.15) is 0 Å². The standard InChI is InChI=1S/C17H22N2O2/c1-2-4-16-14(3-1)15(12-19-7-9-20-10-8-19)17(21-16)11-18-13-5-6-13/h1-4,13,18H,5-12H2. The van der Waals surface area contributed by atoms with E-state index >= 15 is 0 Å². The van der Waals surface area contributed by atoms with Crippen molar-refractivity contribution in [2.24, 2.45) is 0 Å². The number of rotatable bonds is 5. The van der Waals surface area contributed by atoms with Crippen LogP contribution in [0.2, 0.25) is 0 Å².